The van der Waals surface area contributed by atoms with Crippen molar-refractivity contribution in [3.05, 3.63) is 88.4 Å². The number of hydrogen-bond acceptors (Lipinski definition) is 6. The quantitative estimate of drug-likeness (QED) is 0.395. The Morgan fingerprint density at radius 3 is 2.50 bits per heavy atom. The van der Waals surface area contributed by atoms with E-state index < -0.39 is 12.0 Å². The van der Waals surface area contributed by atoms with Crippen LogP contribution in [0.2, 0.25) is 5.02 Å². The Labute approximate surface area is 239 Å². The maximum atomic E-state index is 14.1. The number of hydrogen-bond donors (Lipinski definition) is 1. The normalized spacial score (nSPS) is 19.2. The van der Waals surface area contributed by atoms with Crippen molar-refractivity contribution in [1.29, 1.82) is 0 Å². The summed E-state index contributed by atoms with van der Waals surface area (Å²) in [6.45, 7) is 6.63. The molecule has 0 radical (unpaired) electrons. The van der Waals surface area contributed by atoms with Crippen LogP contribution in [0.15, 0.2) is 66.7 Å². The standard InChI is InChI=1S/C31H34ClN3O5/c1-3-40-23-11-8-21(9-12-23)29-28(30(36)33-22-10-13-27(38-2)26(32)20-22)24-6-4-5-7-25(24)31(37)35(29)15-14-34-16-18-39-19-17-34/h4-13,20,28-29H,3,14-19H2,1-2H3,(H,33,36). The first kappa shape index (κ1) is 28.0. The molecule has 0 bridgehead atoms. The molecule has 0 saturated carbocycles. The highest BCUT2D eigenvalue weighted by Gasteiger charge is 2.44. The molecule has 3 aromatic rings. The Hall–Kier alpha value is -3.59. The number of carbonyl (C=O) groups is 2. The van der Waals surface area contributed by atoms with Crippen molar-refractivity contribution in [2.75, 3.05) is 58.4 Å². The number of halogens is 1. The monoisotopic (exact) mass is 563 g/mol. The number of benzene rings is 3. The molecule has 2 aliphatic heterocycles. The zero-order valence-electron chi connectivity index (χ0n) is 22.8. The van der Waals surface area contributed by atoms with Gasteiger partial charge in [-0.05, 0) is 54.4 Å². The largest absolute Gasteiger partial charge is 0.495 e. The number of fused-ring (bicyclic) bond motifs is 1. The molecule has 0 aromatic heterocycles. The van der Waals surface area contributed by atoms with Crippen molar-refractivity contribution >= 4 is 29.1 Å². The number of methoxy groups -OCH3 is 1. The molecule has 2 unspecified atom stereocenters. The summed E-state index contributed by atoms with van der Waals surface area (Å²) in [7, 11) is 1.54. The van der Waals surface area contributed by atoms with Crippen LogP contribution in [-0.4, -0.2) is 74.7 Å². The molecular weight excluding hydrogens is 530 g/mol. The fourth-order valence-electron chi connectivity index (χ4n) is 5.46. The second-order valence-electron chi connectivity index (χ2n) is 9.80. The summed E-state index contributed by atoms with van der Waals surface area (Å²) in [5, 5.41) is 3.45. The summed E-state index contributed by atoms with van der Waals surface area (Å²) in [4.78, 5) is 32.3. The molecule has 3 aromatic carbocycles. The first-order valence-corrected chi connectivity index (χ1v) is 13.9. The number of amides is 2. The summed E-state index contributed by atoms with van der Waals surface area (Å²) in [6, 6.07) is 19.7. The summed E-state index contributed by atoms with van der Waals surface area (Å²) >= 11 is 6.35. The van der Waals surface area contributed by atoms with E-state index in [1.165, 1.54) is 0 Å². The molecule has 1 N–H and O–H groups in total. The third kappa shape index (κ3) is 5.94. The average molecular weight is 564 g/mol. The lowest BCUT2D eigenvalue weighted by Crippen LogP contribution is -2.49. The summed E-state index contributed by atoms with van der Waals surface area (Å²) < 4.78 is 16.4. The van der Waals surface area contributed by atoms with E-state index in [2.05, 4.69) is 10.2 Å². The SMILES string of the molecule is CCOc1ccc(C2C(C(=O)Nc3ccc(OC)c(Cl)c3)c3ccccc3C(=O)N2CCN2CCOCC2)cc1. The lowest BCUT2D eigenvalue weighted by Gasteiger charge is -2.42. The van der Waals surface area contributed by atoms with Crippen LogP contribution < -0.4 is 14.8 Å². The fourth-order valence-corrected chi connectivity index (χ4v) is 5.72. The van der Waals surface area contributed by atoms with Crippen LogP contribution in [0.25, 0.3) is 0 Å². The first-order chi connectivity index (χ1) is 19.5. The van der Waals surface area contributed by atoms with Gasteiger partial charge in [0.15, 0.2) is 0 Å². The fraction of sp³-hybridized carbons (Fsp3) is 0.355. The number of carbonyl (C=O) groups excluding carboxylic acids is 2. The van der Waals surface area contributed by atoms with Gasteiger partial charge in [-0.3, -0.25) is 14.5 Å². The van der Waals surface area contributed by atoms with E-state index in [0.29, 0.717) is 60.5 Å². The van der Waals surface area contributed by atoms with E-state index >= 15 is 0 Å². The predicted octanol–water partition coefficient (Wildman–Crippen LogP) is 5.00. The lowest BCUT2D eigenvalue weighted by molar-refractivity contribution is -0.119. The highest BCUT2D eigenvalue weighted by molar-refractivity contribution is 6.32. The molecule has 2 atom stereocenters. The summed E-state index contributed by atoms with van der Waals surface area (Å²) in [6.07, 6.45) is 0. The van der Waals surface area contributed by atoms with E-state index in [4.69, 9.17) is 25.8 Å². The Morgan fingerprint density at radius 2 is 1.80 bits per heavy atom. The van der Waals surface area contributed by atoms with Gasteiger partial charge in [-0.1, -0.05) is 41.9 Å². The molecule has 0 spiro atoms. The maximum absolute atomic E-state index is 14.1. The van der Waals surface area contributed by atoms with Crippen molar-refractivity contribution in [2.24, 2.45) is 0 Å². The molecular formula is C31H34ClN3O5. The molecule has 9 heteroatoms. The van der Waals surface area contributed by atoms with E-state index in [9.17, 15) is 9.59 Å². The topological polar surface area (TPSA) is 80.3 Å². The van der Waals surface area contributed by atoms with Crippen molar-refractivity contribution in [3.8, 4) is 11.5 Å². The number of nitrogens with zero attached hydrogens (tertiary/aromatic N) is 2. The second kappa shape index (κ2) is 12.7. The number of anilines is 1. The predicted molar refractivity (Wildman–Crippen MR) is 154 cm³/mol. The molecule has 0 aliphatic carbocycles. The van der Waals surface area contributed by atoms with Gasteiger partial charge in [-0.2, -0.15) is 0 Å². The van der Waals surface area contributed by atoms with Gasteiger partial charge in [0.25, 0.3) is 5.91 Å². The molecule has 1 fully saturated rings. The smallest absolute Gasteiger partial charge is 0.254 e. The third-order valence-electron chi connectivity index (χ3n) is 7.43. The number of nitrogens with one attached hydrogen (secondary N) is 1. The van der Waals surface area contributed by atoms with Gasteiger partial charge in [0.2, 0.25) is 5.91 Å². The first-order valence-electron chi connectivity index (χ1n) is 13.6. The molecule has 1 saturated heterocycles. The molecule has 8 nitrogen and oxygen atoms in total. The maximum Gasteiger partial charge on any atom is 0.254 e. The van der Waals surface area contributed by atoms with Gasteiger partial charge >= 0.3 is 0 Å². The van der Waals surface area contributed by atoms with E-state index in [0.717, 1.165) is 24.4 Å². The molecule has 2 amide bonds. The Kier molecular flexibility index (Phi) is 8.89. The summed E-state index contributed by atoms with van der Waals surface area (Å²) in [5.74, 6) is 0.297. The zero-order valence-corrected chi connectivity index (χ0v) is 23.5. The van der Waals surface area contributed by atoms with Crippen LogP contribution in [0, 0.1) is 0 Å². The van der Waals surface area contributed by atoms with E-state index in [1.54, 1.807) is 31.4 Å². The lowest BCUT2D eigenvalue weighted by atomic mass is 9.79. The zero-order chi connectivity index (χ0) is 28.1. The molecule has 210 valence electrons. The van der Waals surface area contributed by atoms with Crippen LogP contribution in [0.5, 0.6) is 11.5 Å². The molecule has 2 aliphatic rings. The minimum Gasteiger partial charge on any atom is -0.495 e. The molecule has 2 heterocycles. The molecule has 40 heavy (non-hydrogen) atoms. The van der Waals surface area contributed by atoms with Gasteiger partial charge in [-0.25, -0.2) is 0 Å². The highest BCUT2D eigenvalue weighted by atomic mass is 35.5. The number of ether oxygens (including phenoxy) is 3. The highest BCUT2D eigenvalue weighted by Crippen LogP contribution is 2.44. The number of rotatable bonds is 9. The van der Waals surface area contributed by atoms with Gasteiger partial charge in [0.1, 0.15) is 11.5 Å². The van der Waals surface area contributed by atoms with Crippen LogP contribution in [-0.2, 0) is 9.53 Å². The Morgan fingerprint density at radius 1 is 1.05 bits per heavy atom. The van der Waals surface area contributed by atoms with Gasteiger partial charge < -0.3 is 24.4 Å². The Bertz CT molecular complexity index is 1340. The van der Waals surface area contributed by atoms with Crippen molar-refractivity contribution in [3.63, 3.8) is 0 Å². The minimum absolute atomic E-state index is 0.0840. The van der Waals surface area contributed by atoms with Crippen LogP contribution >= 0.6 is 11.6 Å². The van der Waals surface area contributed by atoms with Crippen LogP contribution in [0.4, 0.5) is 5.69 Å². The summed E-state index contributed by atoms with van der Waals surface area (Å²) in [5.41, 5.74) is 2.65. The van der Waals surface area contributed by atoms with Gasteiger partial charge in [-0.15, -0.1) is 0 Å². The van der Waals surface area contributed by atoms with Gasteiger partial charge in [0, 0.05) is 37.4 Å². The van der Waals surface area contributed by atoms with Crippen LogP contribution in [0.3, 0.4) is 0 Å². The van der Waals surface area contributed by atoms with Crippen molar-refractivity contribution in [1.82, 2.24) is 9.80 Å². The third-order valence-corrected chi connectivity index (χ3v) is 7.73. The molecule has 5 rings (SSSR count). The Balaban J connectivity index is 1.54. The second-order valence-corrected chi connectivity index (χ2v) is 10.2. The average Bonchev–Trinajstić information content (AvgIpc) is 2.98. The number of morpholine rings is 1. The van der Waals surface area contributed by atoms with Crippen molar-refractivity contribution in [2.45, 2.75) is 18.9 Å². The minimum atomic E-state index is -0.655. The van der Waals surface area contributed by atoms with Gasteiger partial charge in [0.05, 0.1) is 43.9 Å². The van der Waals surface area contributed by atoms with E-state index in [-0.39, 0.29) is 11.8 Å². The van der Waals surface area contributed by atoms with E-state index in [1.807, 2.05) is 54.3 Å². The van der Waals surface area contributed by atoms with Crippen molar-refractivity contribution < 1.29 is 23.8 Å². The van der Waals surface area contributed by atoms with Crippen LogP contribution in [0.1, 0.15) is 40.4 Å².